The normalized spacial score (nSPS) is 15.2. The Kier molecular flexibility index (Phi) is 6.88. The van der Waals surface area contributed by atoms with Crippen LogP contribution in [0.4, 0.5) is 17.5 Å². The Morgan fingerprint density at radius 3 is 2.88 bits per heavy atom. The molecule has 3 aromatic heterocycles. The summed E-state index contributed by atoms with van der Waals surface area (Å²) in [6.07, 6.45) is 6.40. The molecule has 0 aliphatic carbocycles. The second-order valence-corrected chi connectivity index (χ2v) is 10.1. The monoisotopic (exact) mass is 550 g/mol. The lowest BCUT2D eigenvalue weighted by Crippen LogP contribution is -2.48. The lowest BCUT2D eigenvalue weighted by Gasteiger charge is -2.37. The number of piperidine rings is 1. The van der Waals surface area contributed by atoms with E-state index in [1.54, 1.807) is 10.9 Å². The van der Waals surface area contributed by atoms with Gasteiger partial charge < -0.3 is 19.9 Å². The molecular formula is C29H30N10O2. The molecule has 1 aliphatic rings. The first-order valence-corrected chi connectivity index (χ1v) is 13.4. The van der Waals surface area contributed by atoms with Crippen LogP contribution in [-0.4, -0.2) is 71.9 Å². The first-order chi connectivity index (χ1) is 19.9. The number of ether oxygens (including phenoxy) is 1. The van der Waals surface area contributed by atoms with Gasteiger partial charge >= 0.3 is 0 Å². The number of nitrogens with one attached hydrogen (secondary N) is 1. The number of anilines is 3. The minimum absolute atomic E-state index is 0.0549. The molecule has 12 heteroatoms. The number of benzene rings is 2. The van der Waals surface area contributed by atoms with Crippen LogP contribution < -0.4 is 15.0 Å². The molecule has 0 radical (unpaired) electrons. The van der Waals surface area contributed by atoms with E-state index < -0.39 is 0 Å². The van der Waals surface area contributed by atoms with Crippen molar-refractivity contribution in [3.63, 3.8) is 0 Å². The highest BCUT2D eigenvalue weighted by Crippen LogP contribution is 2.31. The highest BCUT2D eigenvalue weighted by Gasteiger charge is 2.27. The Balaban J connectivity index is 1.21. The number of carbonyl (C=O) groups excluding carboxylic acids is 1. The molecule has 1 aliphatic heterocycles. The lowest BCUT2D eigenvalue weighted by atomic mass is 10.0. The molecule has 1 N–H and O–H groups in total. The number of amides is 1. The molecule has 6 rings (SSSR count). The van der Waals surface area contributed by atoms with Gasteiger partial charge in [-0.2, -0.15) is 0 Å². The van der Waals surface area contributed by atoms with Crippen molar-refractivity contribution in [1.29, 1.82) is 0 Å². The van der Waals surface area contributed by atoms with Crippen LogP contribution in [0.3, 0.4) is 0 Å². The summed E-state index contributed by atoms with van der Waals surface area (Å²) in [6.45, 7) is 6.93. The van der Waals surface area contributed by atoms with E-state index >= 15 is 0 Å². The van der Waals surface area contributed by atoms with Crippen molar-refractivity contribution in [3.8, 4) is 11.5 Å². The number of carbonyl (C=O) groups is 1. The van der Waals surface area contributed by atoms with Crippen LogP contribution in [0.2, 0.25) is 0 Å². The van der Waals surface area contributed by atoms with Crippen molar-refractivity contribution < 1.29 is 9.53 Å². The van der Waals surface area contributed by atoms with Gasteiger partial charge in [0, 0.05) is 45.0 Å². The van der Waals surface area contributed by atoms with Crippen LogP contribution in [-0.2, 0) is 11.8 Å². The van der Waals surface area contributed by atoms with Crippen LogP contribution in [0.15, 0.2) is 61.6 Å². The fourth-order valence-electron chi connectivity index (χ4n) is 5.06. The highest BCUT2D eigenvalue weighted by molar-refractivity contribution is 5.88. The summed E-state index contributed by atoms with van der Waals surface area (Å²) in [5.74, 6) is 2.48. The minimum atomic E-state index is -0.0549. The molecule has 0 bridgehead atoms. The SMILES string of the molecule is C=CC(=O)N1CCCC(N(C)c2ncc3ncnc(Nc4ccc(Oc5ccc6c(c5)nnn6C)c(C)c4)c3n2)C1. The molecule has 1 amide bonds. The Hall–Kier alpha value is -5.13. The van der Waals surface area contributed by atoms with Gasteiger partial charge in [-0.05, 0) is 61.7 Å². The first kappa shape index (κ1) is 26.1. The largest absolute Gasteiger partial charge is 0.457 e. The van der Waals surface area contributed by atoms with Gasteiger partial charge in [-0.1, -0.05) is 11.8 Å². The molecule has 1 fully saturated rings. The van der Waals surface area contributed by atoms with Gasteiger partial charge in [-0.15, -0.1) is 5.10 Å². The Bertz CT molecular complexity index is 1770. The second-order valence-electron chi connectivity index (χ2n) is 10.1. The van der Waals surface area contributed by atoms with Gasteiger partial charge in [0.1, 0.15) is 34.4 Å². The molecule has 0 spiro atoms. The molecular weight excluding hydrogens is 520 g/mol. The van der Waals surface area contributed by atoms with E-state index in [1.165, 1.54) is 12.4 Å². The maximum atomic E-state index is 12.2. The smallest absolute Gasteiger partial charge is 0.246 e. The highest BCUT2D eigenvalue weighted by atomic mass is 16.5. The van der Waals surface area contributed by atoms with Gasteiger partial charge in [-0.25, -0.2) is 24.6 Å². The number of aryl methyl sites for hydroxylation is 2. The maximum absolute atomic E-state index is 12.2. The molecule has 0 saturated carbocycles. The van der Waals surface area contributed by atoms with Gasteiger partial charge in [0.2, 0.25) is 11.9 Å². The van der Waals surface area contributed by atoms with Crippen molar-refractivity contribution in [2.24, 2.45) is 7.05 Å². The average molecular weight is 551 g/mol. The number of nitrogens with zero attached hydrogens (tertiary/aromatic N) is 9. The maximum Gasteiger partial charge on any atom is 0.246 e. The third kappa shape index (κ3) is 5.23. The first-order valence-electron chi connectivity index (χ1n) is 13.4. The molecule has 5 aromatic rings. The zero-order chi connectivity index (χ0) is 28.5. The number of likely N-dealkylation sites (tertiary alicyclic amines) is 1. The molecule has 1 saturated heterocycles. The Morgan fingerprint density at radius 1 is 1.17 bits per heavy atom. The molecule has 2 aromatic carbocycles. The van der Waals surface area contributed by atoms with E-state index in [0.29, 0.717) is 35.1 Å². The number of hydrogen-bond acceptors (Lipinski definition) is 10. The van der Waals surface area contributed by atoms with Crippen LogP contribution in [0.1, 0.15) is 18.4 Å². The Morgan fingerprint density at radius 2 is 2.05 bits per heavy atom. The summed E-state index contributed by atoms with van der Waals surface area (Å²) >= 11 is 0. The number of likely N-dealkylation sites (N-methyl/N-ethyl adjacent to an activating group) is 1. The average Bonchev–Trinajstić information content (AvgIpc) is 3.37. The molecule has 1 unspecified atom stereocenters. The summed E-state index contributed by atoms with van der Waals surface area (Å²) in [5.41, 5.74) is 4.72. The quantitative estimate of drug-likeness (QED) is 0.295. The molecule has 12 nitrogen and oxygen atoms in total. The molecule has 208 valence electrons. The van der Waals surface area contributed by atoms with Crippen molar-refractivity contribution in [3.05, 3.63) is 67.1 Å². The topological polar surface area (TPSA) is 127 Å². The number of hydrogen-bond donors (Lipinski definition) is 1. The number of aromatic nitrogens is 7. The van der Waals surface area contributed by atoms with Crippen molar-refractivity contribution in [2.75, 3.05) is 30.4 Å². The van der Waals surface area contributed by atoms with Crippen LogP contribution in [0, 0.1) is 6.92 Å². The summed E-state index contributed by atoms with van der Waals surface area (Å²) in [4.78, 5) is 34.2. The summed E-state index contributed by atoms with van der Waals surface area (Å²) in [6, 6.07) is 11.6. The third-order valence-corrected chi connectivity index (χ3v) is 7.36. The minimum Gasteiger partial charge on any atom is -0.457 e. The predicted octanol–water partition coefficient (Wildman–Crippen LogP) is 4.16. The van der Waals surface area contributed by atoms with E-state index in [-0.39, 0.29) is 11.9 Å². The fourth-order valence-corrected chi connectivity index (χ4v) is 5.06. The molecule has 41 heavy (non-hydrogen) atoms. The number of fused-ring (bicyclic) bond motifs is 2. The van der Waals surface area contributed by atoms with Gasteiger partial charge in [0.25, 0.3) is 0 Å². The van der Waals surface area contributed by atoms with E-state index in [1.807, 2.05) is 67.2 Å². The van der Waals surface area contributed by atoms with Crippen LogP contribution in [0.5, 0.6) is 11.5 Å². The van der Waals surface area contributed by atoms with E-state index in [2.05, 4.69) is 37.2 Å². The van der Waals surface area contributed by atoms with Crippen LogP contribution in [0.25, 0.3) is 22.1 Å². The summed E-state index contributed by atoms with van der Waals surface area (Å²) < 4.78 is 7.87. The fraction of sp³-hybridized carbons (Fsp3) is 0.276. The Labute approximate surface area is 236 Å². The zero-order valence-corrected chi connectivity index (χ0v) is 23.2. The van der Waals surface area contributed by atoms with Crippen molar-refractivity contribution in [2.45, 2.75) is 25.8 Å². The molecule has 4 heterocycles. The van der Waals surface area contributed by atoms with Crippen molar-refractivity contribution in [1.82, 2.24) is 39.8 Å². The second kappa shape index (κ2) is 10.8. The van der Waals surface area contributed by atoms with Gasteiger partial charge in [0.15, 0.2) is 5.82 Å². The summed E-state index contributed by atoms with van der Waals surface area (Å²) in [5, 5.41) is 11.6. The number of rotatable bonds is 7. The van der Waals surface area contributed by atoms with Crippen molar-refractivity contribution >= 4 is 45.4 Å². The lowest BCUT2D eigenvalue weighted by molar-refractivity contribution is -0.127. The zero-order valence-electron chi connectivity index (χ0n) is 23.2. The van der Waals surface area contributed by atoms with Crippen LogP contribution >= 0.6 is 0 Å². The van der Waals surface area contributed by atoms with Gasteiger partial charge in [0.05, 0.1) is 11.7 Å². The molecule has 1 atom stereocenters. The standard InChI is InChI=1S/C29H30N10O2/c1-5-26(40)39-12-6-7-20(16-39)37(3)29-30-15-23-27(34-29)28(32-17-31-23)33-19-8-11-25(18(2)13-19)41-21-9-10-24-22(14-21)35-36-38(24)4/h5,8-11,13-15,17,20H,1,6-7,12,16H2,2-4H3,(H,31,32,33). The van der Waals surface area contributed by atoms with E-state index in [4.69, 9.17) is 9.72 Å². The third-order valence-electron chi connectivity index (χ3n) is 7.36. The predicted molar refractivity (Wildman–Crippen MR) is 156 cm³/mol. The summed E-state index contributed by atoms with van der Waals surface area (Å²) in [7, 11) is 3.81. The van der Waals surface area contributed by atoms with Gasteiger partial charge in [-0.3, -0.25) is 4.79 Å². The van der Waals surface area contributed by atoms with E-state index in [9.17, 15) is 4.79 Å². The van der Waals surface area contributed by atoms with E-state index in [0.717, 1.165) is 47.4 Å².